The molecule has 2 N–H and O–H groups in total. The van der Waals surface area contributed by atoms with Gasteiger partial charge in [-0.1, -0.05) is 48.5 Å². The van der Waals surface area contributed by atoms with Gasteiger partial charge in [-0.25, -0.2) is 0 Å². The minimum absolute atomic E-state index is 0.661. The lowest BCUT2D eigenvalue weighted by molar-refractivity contribution is 0.980. The minimum Gasteiger partial charge on any atom is -0.363 e. The van der Waals surface area contributed by atoms with Gasteiger partial charge in [-0.3, -0.25) is 0 Å². The molecule has 0 aliphatic heterocycles. The van der Waals surface area contributed by atoms with E-state index in [1.54, 1.807) is 0 Å². The number of hydrogen-bond acceptors (Lipinski definition) is 1. The fourth-order valence-electron chi connectivity index (χ4n) is 2.47. The van der Waals surface area contributed by atoms with Crippen LogP contribution in [-0.2, 0) is 0 Å². The first-order valence-electron chi connectivity index (χ1n) is 6.75. The summed E-state index contributed by atoms with van der Waals surface area (Å²) in [7, 11) is 0. The lowest BCUT2D eigenvalue weighted by Gasteiger charge is -2.14. The fraction of sp³-hybridized carbons (Fsp3) is 0.118. The lowest BCUT2D eigenvalue weighted by Crippen LogP contribution is -2.28. The lowest BCUT2D eigenvalue weighted by atomic mass is 10.0. The molecule has 0 amide bonds. The highest BCUT2D eigenvalue weighted by Gasteiger charge is 2.08. The van der Waals surface area contributed by atoms with Gasteiger partial charge in [0.1, 0.15) is 0 Å². The van der Waals surface area contributed by atoms with E-state index < -0.39 is 0 Å². The average Bonchev–Trinajstić information content (AvgIpc) is 2.47. The van der Waals surface area contributed by atoms with Crippen molar-refractivity contribution in [1.82, 2.24) is 5.32 Å². The Morgan fingerprint density at radius 2 is 1.50 bits per heavy atom. The van der Waals surface area contributed by atoms with Crippen molar-refractivity contribution in [2.75, 3.05) is 11.9 Å². The molecule has 2 nitrogen and oxygen atoms in total. The van der Waals surface area contributed by atoms with Crippen LogP contribution in [0.3, 0.4) is 0 Å². The van der Waals surface area contributed by atoms with E-state index in [1.165, 1.54) is 21.5 Å². The van der Waals surface area contributed by atoms with Crippen molar-refractivity contribution in [2.45, 2.75) is 6.92 Å². The molecule has 0 bridgehead atoms. The molecule has 0 unspecified atom stereocenters. The van der Waals surface area contributed by atoms with Gasteiger partial charge in [0.25, 0.3) is 0 Å². The van der Waals surface area contributed by atoms with Gasteiger partial charge in [0, 0.05) is 17.3 Å². The molecule has 3 aromatic carbocycles. The molecule has 0 atom stereocenters. The summed E-state index contributed by atoms with van der Waals surface area (Å²) in [5.41, 5.74) is 1.07. The summed E-state index contributed by atoms with van der Waals surface area (Å²) in [5, 5.41) is 12.0. The molecule has 20 heavy (non-hydrogen) atoms. The van der Waals surface area contributed by atoms with Crippen LogP contribution in [0.4, 0.5) is 5.69 Å². The van der Waals surface area contributed by atoms with Gasteiger partial charge in [-0.05, 0) is 36.0 Å². The quantitative estimate of drug-likeness (QED) is 0.540. The number of hydrogen-bond donors (Lipinski definition) is 2. The summed E-state index contributed by atoms with van der Waals surface area (Å²) in [6, 6.07) is 18.9. The van der Waals surface area contributed by atoms with Crippen LogP contribution >= 0.6 is 12.2 Å². The van der Waals surface area contributed by atoms with Crippen molar-refractivity contribution in [1.29, 1.82) is 0 Å². The summed E-state index contributed by atoms with van der Waals surface area (Å²) >= 11 is 5.34. The van der Waals surface area contributed by atoms with Gasteiger partial charge in [-0.15, -0.1) is 0 Å². The zero-order valence-corrected chi connectivity index (χ0v) is 12.1. The number of nitrogens with one attached hydrogen (secondary N) is 2. The van der Waals surface area contributed by atoms with Gasteiger partial charge in [0.15, 0.2) is 5.11 Å². The SMILES string of the molecule is CCNC(=S)Nc1c2ccccc2cc2ccccc12. The van der Waals surface area contributed by atoms with E-state index >= 15 is 0 Å². The molecule has 0 saturated carbocycles. The third-order valence-corrected chi connectivity index (χ3v) is 3.59. The highest BCUT2D eigenvalue weighted by molar-refractivity contribution is 7.80. The molecule has 0 heterocycles. The van der Waals surface area contributed by atoms with Crippen LogP contribution < -0.4 is 10.6 Å². The van der Waals surface area contributed by atoms with Crippen molar-refractivity contribution in [2.24, 2.45) is 0 Å². The topological polar surface area (TPSA) is 24.1 Å². The van der Waals surface area contributed by atoms with E-state index in [1.807, 2.05) is 6.92 Å². The van der Waals surface area contributed by atoms with Crippen molar-refractivity contribution in [3.8, 4) is 0 Å². The second kappa shape index (κ2) is 5.47. The fourth-order valence-corrected chi connectivity index (χ4v) is 2.71. The first-order chi connectivity index (χ1) is 9.79. The highest BCUT2D eigenvalue weighted by Crippen LogP contribution is 2.32. The predicted octanol–water partition coefficient (Wildman–Crippen LogP) is 4.30. The van der Waals surface area contributed by atoms with Crippen LogP contribution in [0, 0.1) is 0 Å². The van der Waals surface area contributed by atoms with Crippen LogP contribution in [0.1, 0.15) is 6.92 Å². The van der Waals surface area contributed by atoms with Gasteiger partial charge < -0.3 is 10.6 Å². The summed E-state index contributed by atoms with van der Waals surface area (Å²) in [6.07, 6.45) is 0. The smallest absolute Gasteiger partial charge is 0.170 e. The molecule has 3 aromatic rings. The highest BCUT2D eigenvalue weighted by atomic mass is 32.1. The molecule has 0 aliphatic rings. The van der Waals surface area contributed by atoms with E-state index in [2.05, 4.69) is 65.2 Å². The van der Waals surface area contributed by atoms with Crippen molar-refractivity contribution in [3.05, 3.63) is 54.6 Å². The Morgan fingerprint density at radius 3 is 2.05 bits per heavy atom. The number of benzene rings is 3. The largest absolute Gasteiger partial charge is 0.363 e. The summed E-state index contributed by atoms with van der Waals surface area (Å²) in [5.74, 6) is 0. The van der Waals surface area contributed by atoms with E-state index in [9.17, 15) is 0 Å². The Balaban J connectivity index is 2.25. The zero-order valence-electron chi connectivity index (χ0n) is 11.3. The minimum atomic E-state index is 0.661. The van der Waals surface area contributed by atoms with Crippen LogP contribution in [0.15, 0.2) is 54.6 Å². The number of thiocarbonyl (C=S) groups is 1. The van der Waals surface area contributed by atoms with Crippen molar-refractivity contribution < 1.29 is 0 Å². The number of fused-ring (bicyclic) bond motifs is 2. The normalized spacial score (nSPS) is 10.7. The zero-order chi connectivity index (χ0) is 13.9. The Morgan fingerprint density at radius 1 is 0.950 bits per heavy atom. The molecule has 0 aromatic heterocycles. The molecular weight excluding hydrogens is 264 g/mol. The molecule has 3 rings (SSSR count). The molecule has 3 heteroatoms. The van der Waals surface area contributed by atoms with E-state index in [0.29, 0.717) is 5.11 Å². The van der Waals surface area contributed by atoms with Crippen molar-refractivity contribution >= 4 is 44.6 Å². The standard InChI is InChI=1S/C17H16N2S/c1-2-18-17(20)19-16-14-9-5-3-7-12(14)11-13-8-4-6-10-15(13)16/h3-11H,2H2,1H3,(H2,18,19,20). The van der Waals surface area contributed by atoms with Crippen LogP contribution in [0.5, 0.6) is 0 Å². The van der Waals surface area contributed by atoms with Gasteiger partial charge in [0.2, 0.25) is 0 Å². The Labute approximate surface area is 123 Å². The van der Waals surface area contributed by atoms with Gasteiger partial charge in [0.05, 0.1) is 5.69 Å². The second-order valence-electron chi connectivity index (χ2n) is 4.68. The van der Waals surface area contributed by atoms with E-state index in [-0.39, 0.29) is 0 Å². The maximum absolute atomic E-state index is 5.34. The van der Waals surface area contributed by atoms with Gasteiger partial charge >= 0.3 is 0 Å². The van der Waals surface area contributed by atoms with Crippen LogP contribution in [-0.4, -0.2) is 11.7 Å². The Hall–Kier alpha value is -2.13. The monoisotopic (exact) mass is 280 g/mol. The molecular formula is C17H16N2S. The first-order valence-corrected chi connectivity index (χ1v) is 7.16. The Kier molecular flexibility index (Phi) is 3.52. The summed E-state index contributed by atoms with van der Waals surface area (Å²) < 4.78 is 0. The Bertz CT molecular complexity index is 726. The molecule has 0 saturated heterocycles. The van der Waals surface area contributed by atoms with Crippen LogP contribution in [0.2, 0.25) is 0 Å². The predicted molar refractivity (Wildman–Crippen MR) is 91.4 cm³/mol. The second-order valence-corrected chi connectivity index (χ2v) is 5.09. The maximum atomic E-state index is 5.34. The molecule has 0 radical (unpaired) electrons. The van der Waals surface area contributed by atoms with Crippen LogP contribution in [0.25, 0.3) is 21.5 Å². The molecule has 100 valence electrons. The average molecular weight is 280 g/mol. The summed E-state index contributed by atoms with van der Waals surface area (Å²) in [6.45, 7) is 2.85. The number of rotatable bonds is 2. The molecule has 0 aliphatic carbocycles. The maximum Gasteiger partial charge on any atom is 0.170 e. The van der Waals surface area contributed by atoms with E-state index in [4.69, 9.17) is 12.2 Å². The molecule has 0 spiro atoms. The van der Waals surface area contributed by atoms with Crippen molar-refractivity contribution in [3.63, 3.8) is 0 Å². The van der Waals surface area contributed by atoms with Gasteiger partial charge in [-0.2, -0.15) is 0 Å². The summed E-state index contributed by atoms with van der Waals surface area (Å²) in [4.78, 5) is 0. The van der Waals surface area contributed by atoms with E-state index in [0.717, 1.165) is 12.2 Å². The number of anilines is 1. The third kappa shape index (κ3) is 2.32. The third-order valence-electron chi connectivity index (χ3n) is 3.35. The first kappa shape index (κ1) is 12.9. The molecule has 0 fully saturated rings.